The Bertz CT molecular complexity index is 704. The average molecular weight is 326 g/mol. The molecule has 0 aromatic carbocycles. The fraction of sp³-hybridized carbons (Fsp3) is 0.462. The molecule has 0 saturated carbocycles. The molecular formula is C13H16ClN5O3. The number of fused-ring (bicyclic) bond motifs is 1. The van der Waals surface area contributed by atoms with Crippen molar-refractivity contribution in [3.05, 3.63) is 18.5 Å². The predicted molar refractivity (Wildman–Crippen MR) is 80.5 cm³/mol. The quantitative estimate of drug-likeness (QED) is 0.539. The fourth-order valence-electron chi connectivity index (χ4n) is 2.61. The summed E-state index contributed by atoms with van der Waals surface area (Å²) in [7, 11) is 0. The van der Waals surface area contributed by atoms with Crippen LogP contribution in [0.5, 0.6) is 6.01 Å². The first kappa shape index (κ1) is 15.0. The van der Waals surface area contributed by atoms with Crippen molar-refractivity contribution < 1.29 is 14.9 Å². The third kappa shape index (κ3) is 2.60. The Balaban J connectivity index is 1.93. The summed E-state index contributed by atoms with van der Waals surface area (Å²) in [4.78, 5) is 12.5. The van der Waals surface area contributed by atoms with Gasteiger partial charge in [0.1, 0.15) is 0 Å². The van der Waals surface area contributed by atoms with Crippen LogP contribution < -0.4 is 10.5 Å². The van der Waals surface area contributed by atoms with Gasteiger partial charge in [-0.15, -0.1) is 0 Å². The van der Waals surface area contributed by atoms with Crippen molar-refractivity contribution in [3.8, 4) is 6.01 Å². The van der Waals surface area contributed by atoms with Gasteiger partial charge in [0.05, 0.1) is 25.1 Å². The Morgan fingerprint density at radius 3 is 3.00 bits per heavy atom. The molecular weight excluding hydrogens is 310 g/mol. The lowest BCUT2D eigenvalue weighted by atomic mass is 10.0. The number of nitrogens with zero attached hydrogens (tertiary/aromatic N) is 4. The van der Waals surface area contributed by atoms with Gasteiger partial charge in [-0.3, -0.25) is 0 Å². The maximum absolute atomic E-state index is 9.74. The molecule has 0 fully saturated rings. The lowest BCUT2D eigenvalue weighted by Gasteiger charge is -2.17. The zero-order valence-electron chi connectivity index (χ0n) is 11.6. The molecule has 3 atom stereocenters. The molecule has 118 valence electrons. The topological polar surface area (TPSA) is 119 Å². The van der Waals surface area contributed by atoms with E-state index in [0.29, 0.717) is 17.6 Å². The zero-order chi connectivity index (χ0) is 15.7. The van der Waals surface area contributed by atoms with Crippen LogP contribution in [0.2, 0.25) is 0 Å². The number of aromatic nitrogens is 4. The highest BCUT2D eigenvalue weighted by atomic mass is 35.5. The zero-order valence-corrected chi connectivity index (χ0v) is 12.4. The van der Waals surface area contributed by atoms with Gasteiger partial charge in [0.25, 0.3) is 0 Å². The molecule has 0 amide bonds. The summed E-state index contributed by atoms with van der Waals surface area (Å²) >= 11 is 5.52. The second-order valence-corrected chi connectivity index (χ2v) is 5.29. The van der Waals surface area contributed by atoms with Crippen LogP contribution in [-0.4, -0.2) is 48.5 Å². The van der Waals surface area contributed by atoms with Gasteiger partial charge < -0.3 is 25.3 Å². The molecule has 2 aromatic heterocycles. The smallest absolute Gasteiger partial charge is 0.321 e. The minimum Gasteiger partial charge on any atom is -0.447 e. The second kappa shape index (κ2) is 6.07. The third-order valence-corrected chi connectivity index (χ3v) is 3.85. The number of anilines is 1. The largest absolute Gasteiger partial charge is 0.447 e. The number of alkyl halides is 1. The van der Waals surface area contributed by atoms with Crippen LogP contribution in [0.3, 0.4) is 0 Å². The van der Waals surface area contributed by atoms with E-state index < -0.39 is 6.10 Å². The number of rotatable bonds is 5. The third-order valence-electron chi connectivity index (χ3n) is 3.74. The van der Waals surface area contributed by atoms with E-state index in [2.05, 4.69) is 15.0 Å². The van der Waals surface area contributed by atoms with Crippen molar-refractivity contribution in [3.63, 3.8) is 0 Å². The first-order valence-electron chi connectivity index (χ1n) is 6.80. The van der Waals surface area contributed by atoms with E-state index in [9.17, 15) is 5.11 Å². The summed E-state index contributed by atoms with van der Waals surface area (Å²) in [5.41, 5.74) is 6.89. The van der Waals surface area contributed by atoms with E-state index in [1.807, 2.05) is 16.7 Å². The summed E-state index contributed by atoms with van der Waals surface area (Å²) in [5, 5.41) is 18.8. The van der Waals surface area contributed by atoms with Gasteiger partial charge in [0, 0.05) is 5.92 Å². The minimum absolute atomic E-state index is 0.0330. The molecule has 3 rings (SSSR count). The van der Waals surface area contributed by atoms with Crippen molar-refractivity contribution in [2.24, 2.45) is 5.92 Å². The Hall–Kier alpha value is -1.90. The molecule has 2 heterocycles. The lowest BCUT2D eigenvalue weighted by molar-refractivity contribution is 0.0605. The van der Waals surface area contributed by atoms with Gasteiger partial charge in [0.15, 0.2) is 23.0 Å². The van der Waals surface area contributed by atoms with Gasteiger partial charge in [-0.25, -0.2) is 4.98 Å². The molecule has 2 aromatic rings. The monoisotopic (exact) mass is 325 g/mol. The van der Waals surface area contributed by atoms with Crippen molar-refractivity contribution in [1.82, 2.24) is 19.5 Å². The van der Waals surface area contributed by atoms with E-state index >= 15 is 0 Å². The van der Waals surface area contributed by atoms with Crippen LogP contribution in [0, 0.1) is 5.92 Å². The molecule has 4 N–H and O–H groups in total. The molecule has 1 aliphatic carbocycles. The van der Waals surface area contributed by atoms with E-state index in [4.69, 9.17) is 27.2 Å². The van der Waals surface area contributed by atoms with E-state index in [0.717, 1.165) is 0 Å². The summed E-state index contributed by atoms with van der Waals surface area (Å²) in [5.74, 6) is 0.114. The number of allylic oxidation sites excluding steroid dienone is 1. The predicted octanol–water partition coefficient (Wildman–Crippen LogP) is 0.454. The van der Waals surface area contributed by atoms with Crippen LogP contribution >= 0.6 is 11.6 Å². The highest BCUT2D eigenvalue weighted by Gasteiger charge is 2.27. The number of nitrogens with two attached hydrogens (primary N) is 1. The number of aliphatic hydroxyl groups excluding tert-OH is 2. The Morgan fingerprint density at radius 2 is 2.27 bits per heavy atom. The molecule has 0 spiro atoms. The number of hydrogen-bond donors (Lipinski definition) is 3. The number of nitrogen functional groups attached to an aromatic ring is 1. The van der Waals surface area contributed by atoms with E-state index in [-0.39, 0.29) is 36.5 Å². The van der Waals surface area contributed by atoms with Crippen LogP contribution in [0.4, 0.5) is 5.82 Å². The summed E-state index contributed by atoms with van der Waals surface area (Å²) in [6, 6.07) is -0.0160. The molecule has 1 aliphatic rings. The molecule has 9 heteroatoms. The maximum Gasteiger partial charge on any atom is 0.321 e. The maximum atomic E-state index is 9.74. The van der Waals surface area contributed by atoms with Gasteiger partial charge in [0.2, 0.25) is 0 Å². The van der Waals surface area contributed by atoms with E-state index in [1.54, 1.807) is 6.33 Å². The first-order chi connectivity index (χ1) is 10.6. The van der Waals surface area contributed by atoms with Crippen LogP contribution in [-0.2, 0) is 0 Å². The lowest BCUT2D eigenvalue weighted by Crippen LogP contribution is -2.22. The Labute approximate surface area is 131 Å². The minimum atomic E-state index is -0.772. The molecule has 0 aliphatic heterocycles. The molecule has 0 bridgehead atoms. The summed E-state index contributed by atoms with van der Waals surface area (Å²) < 4.78 is 6.93. The molecule has 0 radical (unpaired) electrons. The Kier molecular flexibility index (Phi) is 4.14. The van der Waals surface area contributed by atoms with Gasteiger partial charge >= 0.3 is 6.01 Å². The average Bonchev–Trinajstić information content (AvgIpc) is 3.13. The number of hydrogen-bond acceptors (Lipinski definition) is 7. The number of ether oxygens (including phenoxy) is 1. The first-order valence-corrected chi connectivity index (χ1v) is 7.33. The molecule has 22 heavy (non-hydrogen) atoms. The van der Waals surface area contributed by atoms with Crippen LogP contribution in [0.25, 0.3) is 11.2 Å². The summed E-state index contributed by atoms with van der Waals surface area (Å²) in [6.07, 6.45) is 5.33. The molecule has 0 unspecified atom stereocenters. The van der Waals surface area contributed by atoms with Gasteiger partial charge in [-0.2, -0.15) is 9.97 Å². The second-order valence-electron chi connectivity index (χ2n) is 5.07. The highest BCUT2D eigenvalue weighted by molar-refractivity contribution is 6.17. The van der Waals surface area contributed by atoms with Crippen LogP contribution in [0.1, 0.15) is 12.5 Å². The van der Waals surface area contributed by atoms with Gasteiger partial charge in [-0.05, 0) is 6.42 Å². The Morgan fingerprint density at radius 1 is 1.45 bits per heavy atom. The van der Waals surface area contributed by atoms with Crippen molar-refractivity contribution in [1.29, 1.82) is 0 Å². The SMILES string of the molecule is Nc1nc(OCCl)nc2c1ncn2[C@H]1C=C[C@@H]([C@H](O)CO)C1. The normalized spacial score (nSPS) is 22.3. The number of imidazole rings is 1. The van der Waals surface area contributed by atoms with Crippen LogP contribution in [0.15, 0.2) is 18.5 Å². The molecule has 0 saturated heterocycles. The number of halogens is 1. The van der Waals surface area contributed by atoms with Crippen molar-refractivity contribution >= 4 is 28.6 Å². The highest BCUT2D eigenvalue weighted by Crippen LogP contribution is 2.32. The standard InChI is InChI=1S/C13H16ClN5O3/c14-5-22-13-17-11(15)10-12(18-13)19(6-16-10)8-2-1-7(3-8)9(21)4-20/h1-2,6-9,20-21H,3-5H2,(H2,15,17,18)/t7-,8+,9-/m1/s1. The van der Waals surface area contributed by atoms with Crippen molar-refractivity contribution in [2.75, 3.05) is 18.4 Å². The molecule has 8 nitrogen and oxygen atoms in total. The van der Waals surface area contributed by atoms with Gasteiger partial charge in [-0.1, -0.05) is 23.8 Å². The summed E-state index contributed by atoms with van der Waals surface area (Å²) in [6.45, 7) is -0.269. The van der Waals surface area contributed by atoms with E-state index in [1.165, 1.54) is 0 Å². The fourth-order valence-corrected chi connectivity index (χ4v) is 2.71. The van der Waals surface area contributed by atoms with Crippen molar-refractivity contribution in [2.45, 2.75) is 18.6 Å². The number of aliphatic hydroxyl groups is 2.